The van der Waals surface area contributed by atoms with E-state index in [1.807, 2.05) is 45.2 Å². The SMILES string of the molecule is CC(C)(C)c1nnc(NC=O)o1.c1cnc2c(OC3CCC3)cccc2c1. The van der Waals surface area contributed by atoms with Gasteiger partial charge in [-0.05, 0) is 31.4 Å². The molecule has 7 heteroatoms. The monoisotopic (exact) mass is 368 g/mol. The Balaban J connectivity index is 0.000000161. The molecule has 0 saturated heterocycles. The smallest absolute Gasteiger partial charge is 0.322 e. The second-order valence-corrected chi connectivity index (χ2v) is 7.43. The maximum atomic E-state index is 9.99. The van der Waals surface area contributed by atoms with E-state index in [1.54, 1.807) is 0 Å². The van der Waals surface area contributed by atoms with E-state index < -0.39 is 0 Å². The van der Waals surface area contributed by atoms with Crippen molar-refractivity contribution in [3.63, 3.8) is 0 Å². The topological polar surface area (TPSA) is 90.1 Å². The van der Waals surface area contributed by atoms with Crippen molar-refractivity contribution in [1.29, 1.82) is 0 Å². The zero-order valence-corrected chi connectivity index (χ0v) is 15.8. The van der Waals surface area contributed by atoms with Gasteiger partial charge in [0.15, 0.2) is 0 Å². The van der Waals surface area contributed by atoms with Crippen molar-refractivity contribution in [3.05, 3.63) is 42.4 Å². The lowest BCUT2D eigenvalue weighted by Crippen LogP contribution is -2.24. The fourth-order valence-corrected chi connectivity index (χ4v) is 2.47. The van der Waals surface area contributed by atoms with Gasteiger partial charge >= 0.3 is 6.01 Å². The standard InChI is InChI=1S/C13H13NO.C7H11N3O2/c1-4-10-5-3-9-14-13(10)12(8-1)15-11-6-2-7-11;1-7(2,3)5-9-10-6(12-5)8-4-11/h1,3-5,8-9,11H,2,6-7H2;4H,1-3H3,(H,8,10,11). The third-order valence-electron chi connectivity index (χ3n) is 4.19. The van der Waals surface area contributed by atoms with Gasteiger partial charge in [0.25, 0.3) is 0 Å². The number of carbonyl (C=O) groups is 1. The summed E-state index contributed by atoms with van der Waals surface area (Å²) in [4.78, 5) is 14.4. The van der Waals surface area contributed by atoms with Crippen LogP contribution in [0.5, 0.6) is 5.75 Å². The fraction of sp³-hybridized carbons (Fsp3) is 0.400. The van der Waals surface area contributed by atoms with Gasteiger partial charge in [0, 0.05) is 17.0 Å². The Morgan fingerprint density at radius 1 is 1.19 bits per heavy atom. The average Bonchev–Trinajstić information content (AvgIpc) is 3.08. The Kier molecular flexibility index (Phi) is 5.69. The minimum atomic E-state index is -0.185. The fourth-order valence-electron chi connectivity index (χ4n) is 2.47. The number of hydrogen-bond acceptors (Lipinski definition) is 6. The van der Waals surface area contributed by atoms with Crippen LogP contribution in [-0.4, -0.2) is 27.7 Å². The van der Waals surface area contributed by atoms with E-state index >= 15 is 0 Å². The predicted molar refractivity (Wildman–Crippen MR) is 103 cm³/mol. The summed E-state index contributed by atoms with van der Waals surface area (Å²) in [6.07, 6.45) is 6.39. The predicted octanol–water partition coefficient (Wildman–Crippen LogP) is 4.10. The minimum Gasteiger partial charge on any atom is -0.488 e. The maximum absolute atomic E-state index is 9.99. The van der Waals surface area contributed by atoms with Crippen LogP contribution in [0.2, 0.25) is 0 Å². The highest BCUT2D eigenvalue weighted by Gasteiger charge is 2.21. The number of benzene rings is 1. The normalized spacial score (nSPS) is 14.0. The van der Waals surface area contributed by atoms with Gasteiger partial charge in [0.1, 0.15) is 11.3 Å². The Morgan fingerprint density at radius 2 is 1.96 bits per heavy atom. The highest BCUT2D eigenvalue weighted by Crippen LogP contribution is 2.29. The lowest BCUT2D eigenvalue weighted by atomic mass is 9.96. The highest BCUT2D eigenvalue weighted by atomic mass is 16.5. The van der Waals surface area contributed by atoms with Crippen LogP contribution in [-0.2, 0) is 10.2 Å². The molecule has 27 heavy (non-hydrogen) atoms. The maximum Gasteiger partial charge on any atom is 0.322 e. The first-order valence-electron chi connectivity index (χ1n) is 9.02. The van der Waals surface area contributed by atoms with E-state index in [0.717, 1.165) is 16.7 Å². The number of fused-ring (bicyclic) bond motifs is 1. The molecule has 1 saturated carbocycles. The molecule has 0 atom stereocenters. The molecule has 0 unspecified atom stereocenters. The summed E-state index contributed by atoms with van der Waals surface area (Å²) in [5.74, 6) is 1.43. The van der Waals surface area contributed by atoms with Crippen LogP contribution in [0.1, 0.15) is 45.9 Å². The molecule has 7 nitrogen and oxygen atoms in total. The van der Waals surface area contributed by atoms with Gasteiger partial charge in [-0.15, -0.1) is 5.10 Å². The van der Waals surface area contributed by atoms with E-state index in [4.69, 9.17) is 9.15 Å². The van der Waals surface area contributed by atoms with Crippen LogP contribution in [0.4, 0.5) is 6.01 Å². The molecule has 1 fully saturated rings. The molecule has 1 N–H and O–H groups in total. The number of ether oxygens (including phenoxy) is 1. The van der Waals surface area contributed by atoms with Crippen molar-refractivity contribution in [1.82, 2.24) is 15.2 Å². The van der Waals surface area contributed by atoms with Crippen molar-refractivity contribution in [2.24, 2.45) is 0 Å². The van der Waals surface area contributed by atoms with Crippen LogP contribution >= 0.6 is 0 Å². The zero-order valence-electron chi connectivity index (χ0n) is 15.8. The number of aromatic nitrogens is 3. The molecule has 4 rings (SSSR count). The highest BCUT2D eigenvalue weighted by molar-refractivity contribution is 5.84. The molecule has 0 bridgehead atoms. The summed E-state index contributed by atoms with van der Waals surface area (Å²) in [7, 11) is 0. The van der Waals surface area contributed by atoms with Gasteiger partial charge < -0.3 is 9.15 Å². The van der Waals surface area contributed by atoms with E-state index in [9.17, 15) is 4.79 Å². The molecule has 0 aliphatic heterocycles. The van der Waals surface area contributed by atoms with Crippen LogP contribution in [0, 0.1) is 0 Å². The third-order valence-corrected chi connectivity index (χ3v) is 4.19. The zero-order chi connectivity index (χ0) is 19.3. The van der Waals surface area contributed by atoms with E-state index in [2.05, 4.69) is 32.6 Å². The number of para-hydroxylation sites is 1. The van der Waals surface area contributed by atoms with Gasteiger partial charge in [-0.3, -0.25) is 15.1 Å². The molecule has 3 aromatic rings. The molecular weight excluding hydrogens is 344 g/mol. The molecule has 1 aliphatic rings. The largest absolute Gasteiger partial charge is 0.488 e. The molecule has 0 radical (unpaired) electrons. The van der Waals surface area contributed by atoms with Crippen molar-refractivity contribution in [2.75, 3.05) is 5.32 Å². The first kappa shape index (κ1) is 18.8. The molecule has 2 heterocycles. The number of hydrogen-bond donors (Lipinski definition) is 1. The summed E-state index contributed by atoms with van der Waals surface area (Å²) in [6, 6.07) is 10.3. The third kappa shape index (κ3) is 4.81. The van der Waals surface area contributed by atoms with Gasteiger partial charge in [0.05, 0.1) is 6.10 Å². The second kappa shape index (κ2) is 8.16. The molecule has 1 aromatic carbocycles. The van der Waals surface area contributed by atoms with Crippen LogP contribution < -0.4 is 10.1 Å². The summed E-state index contributed by atoms with van der Waals surface area (Å²) < 4.78 is 11.0. The van der Waals surface area contributed by atoms with Crippen LogP contribution in [0.15, 0.2) is 40.9 Å². The molecule has 1 aliphatic carbocycles. The van der Waals surface area contributed by atoms with E-state index in [1.165, 1.54) is 19.3 Å². The number of amides is 1. The first-order chi connectivity index (χ1) is 13.0. The van der Waals surface area contributed by atoms with Gasteiger partial charge in [-0.25, -0.2) is 0 Å². The van der Waals surface area contributed by atoms with Crippen molar-refractivity contribution in [3.8, 4) is 5.75 Å². The number of pyridine rings is 1. The quantitative estimate of drug-likeness (QED) is 0.697. The van der Waals surface area contributed by atoms with Crippen LogP contribution in [0.3, 0.4) is 0 Å². The number of nitrogens with zero attached hydrogens (tertiary/aromatic N) is 3. The Morgan fingerprint density at radius 3 is 2.59 bits per heavy atom. The summed E-state index contributed by atoms with van der Waals surface area (Å²) >= 11 is 0. The number of anilines is 1. The molecule has 2 aromatic heterocycles. The number of rotatable bonds is 4. The number of carbonyl (C=O) groups excluding carboxylic acids is 1. The molecule has 0 spiro atoms. The van der Waals surface area contributed by atoms with Crippen LogP contribution in [0.25, 0.3) is 10.9 Å². The number of nitrogens with one attached hydrogen (secondary N) is 1. The summed E-state index contributed by atoms with van der Waals surface area (Å²) in [6.45, 7) is 5.85. The lowest BCUT2D eigenvalue weighted by Gasteiger charge is -2.26. The lowest BCUT2D eigenvalue weighted by molar-refractivity contribution is -0.105. The van der Waals surface area contributed by atoms with Crippen molar-refractivity contribution >= 4 is 23.3 Å². The van der Waals surface area contributed by atoms with E-state index in [-0.39, 0.29) is 11.4 Å². The van der Waals surface area contributed by atoms with Gasteiger partial charge in [-0.2, -0.15) is 0 Å². The summed E-state index contributed by atoms with van der Waals surface area (Å²) in [5, 5.41) is 10.8. The molecule has 142 valence electrons. The minimum absolute atomic E-state index is 0.134. The Labute approximate surface area is 158 Å². The Bertz CT molecular complexity index is 892. The van der Waals surface area contributed by atoms with E-state index in [0.29, 0.717) is 18.4 Å². The van der Waals surface area contributed by atoms with Gasteiger partial charge in [-0.1, -0.05) is 44.1 Å². The first-order valence-corrected chi connectivity index (χ1v) is 9.02. The molecular formula is C20H24N4O3. The van der Waals surface area contributed by atoms with Gasteiger partial charge in [0.2, 0.25) is 12.3 Å². The van der Waals surface area contributed by atoms with Crippen molar-refractivity contribution in [2.45, 2.75) is 51.6 Å². The second-order valence-electron chi connectivity index (χ2n) is 7.43. The van der Waals surface area contributed by atoms with Crippen molar-refractivity contribution < 1.29 is 13.9 Å². The molecule has 1 amide bonds. The average molecular weight is 368 g/mol. The summed E-state index contributed by atoms with van der Waals surface area (Å²) in [5.41, 5.74) is 0.794. The Hall–Kier alpha value is -2.96.